The molecule has 7 heteroatoms. The van der Waals surface area contributed by atoms with Gasteiger partial charge in [-0.15, -0.1) is 11.8 Å². The number of halogens is 1. The number of sulfone groups is 1. The number of nitrogens with zero attached hydrogens (tertiary/aromatic N) is 1. The van der Waals surface area contributed by atoms with Crippen LogP contribution in [0.15, 0.2) is 18.2 Å². The van der Waals surface area contributed by atoms with Gasteiger partial charge in [0.1, 0.15) is 5.82 Å². The first-order valence-corrected chi connectivity index (χ1v) is 10.2. The minimum Gasteiger partial charge on any atom is -0.311 e. The molecular weight excluding hydrogens is 325 g/mol. The predicted octanol–water partition coefficient (Wildman–Crippen LogP) is 2.03. The number of carbonyl (C=O) groups excluding carboxylic acids is 1. The zero-order valence-corrected chi connectivity index (χ0v) is 13.8. The molecule has 0 spiro atoms. The number of aryl methyl sites for hydroxylation is 1. The average Bonchev–Trinajstić information content (AvgIpc) is 2.83. The number of fused-ring (bicyclic) bond motifs is 1. The summed E-state index contributed by atoms with van der Waals surface area (Å²) in [4.78, 5) is 14.1. The van der Waals surface area contributed by atoms with E-state index in [1.165, 1.54) is 23.9 Å². The molecule has 1 aromatic rings. The molecule has 1 saturated heterocycles. The number of carbonyl (C=O) groups is 1. The quantitative estimate of drug-likeness (QED) is 0.843. The van der Waals surface area contributed by atoms with Crippen molar-refractivity contribution in [1.29, 1.82) is 0 Å². The number of hydrogen-bond acceptors (Lipinski definition) is 4. The molecule has 2 aliphatic rings. The topological polar surface area (TPSA) is 54.5 Å². The normalized spacial score (nSPS) is 23.3. The molecule has 1 fully saturated rings. The molecule has 22 heavy (non-hydrogen) atoms. The molecular formula is C15H18FNO3S2. The maximum atomic E-state index is 13.3. The van der Waals surface area contributed by atoms with E-state index in [1.807, 2.05) is 0 Å². The van der Waals surface area contributed by atoms with E-state index >= 15 is 0 Å². The monoisotopic (exact) mass is 343 g/mol. The number of benzene rings is 1. The van der Waals surface area contributed by atoms with Gasteiger partial charge in [0.2, 0.25) is 5.91 Å². The SMILES string of the molecule is O=C(CS[C@H]1CCS(=O)(=O)C1)N1CCCc2cc(F)ccc21. The Bertz CT molecular complexity index is 690. The maximum Gasteiger partial charge on any atom is 0.236 e. The van der Waals surface area contributed by atoms with Gasteiger partial charge in [0, 0.05) is 17.5 Å². The standard InChI is InChI=1S/C15H18FNO3S2/c16-12-3-4-14-11(8-12)2-1-6-17(14)15(18)9-21-13-5-7-22(19,20)10-13/h3-4,8,13H,1-2,5-7,9-10H2/t13-/m0/s1. The number of rotatable bonds is 3. The minimum atomic E-state index is -2.91. The van der Waals surface area contributed by atoms with Crippen molar-refractivity contribution < 1.29 is 17.6 Å². The third kappa shape index (κ3) is 3.46. The second-order valence-electron chi connectivity index (χ2n) is 5.76. The Kier molecular flexibility index (Phi) is 4.45. The molecule has 2 aliphatic heterocycles. The summed E-state index contributed by atoms with van der Waals surface area (Å²) in [5.41, 5.74) is 1.66. The summed E-state index contributed by atoms with van der Waals surface area (Å²) in [6.07, 6.45) is 2.23. The van der Waals surface area contributed by atoms with Gasteiger partial charge in [-0.1, -0.05) is 0 Å². The molecule has 120 valence electrons. The van der Waals surface area contributed by atoms with Gasteiger partial charge in [0.25, 0.3) is 0 Å². The molecule has 3 rings (SSSR count). The number of anilines is 1. The van der Waals surface area contributed by atoms with E-state index in [4.69, 9.17) is 0 Å². The fourth-order valence-electron chi connectivity index (χ4n) is 2.98. The Labute approximate surface area is 134 Å². The average molecular weight is 343 g/mol. The third-order valence-electron chi connectivity index (χ3n) is 4.09. The first-order valence-electron chi connectivity index (χ1n) is 7.35. The fraction of sp³-hybridized carbons (Fsp3) is 0.533. The molecule has 0 N–H and O–H groups in total. The lowest BCUT2D eigenvalue weighted by Gasteiger charge is -2.29. The van der Waals surface area contributed by atoms with Crippen LogP contribution in [-0.2, 0) is 21.1 Å². The van der Waals surface area contributed by atoms with E-state index in [0.717, 1.165) is 24.1 Å². The van der Waals surface area contributed by atoms with Crippen LogP contribution < -0.4 is 4.90 Å². The Hall–Kier alpha value is -1.08. The van der Waals surface area contributed by atoms with Crippen LogP contribution in [0.2, 0.25) is 0 Å². The van der Waals surface area contributed by atoms with E-state index in [1.54, 1.807) is 11.0 Å². The molecule has 1 aromatic carbocycles. The van der Waals surface area contributed by atoms with Crippen molar-refractivity contribution in [2.24, 2.45) is 0 Å². The van der Waals surface area contributed by atoms with Crippen LogP contribution in [0.4, 0.5) is 10.1 Å². The van der Waals surface area contributed by atoms with Crippen LogP contribution in [-0.4, -0.2) is 43.4 Å². The molecule has 0 aliphatic carbocycles. The summed E-state index contributed by atoms with van der Waals surface area (Å²) in [5.74, 6) is 0.370. The van der Waals surface area contributed by atoms with Gasteiger partial charge in [-0.2, -0.15) is 0 Å². The summed E-state index contributed by atoms with van der Waals surface area (Å²) in [6.45, 7) is 0.640. The van der Waals surface area contributed by atoms with E-state index in [-0.39, 0.29) is 34.2 Å². The highest BCUT2D eigenvalue weighted by molar-refractivity contribution is 8.02. The molecule has 2 heterocycles. The van der Waals surface area contributed by atoms with Crippen LogP contribution in [0.3, 0.4) is 0 Å². The van der Waals surface area contributed by atoms with Gasteiger partial charge in [0.15, 0.2) is 9.84 Å². The van der Waals surface area contributed by atoms with Crippen molar-refractivity contribution in [2.45, 2.75) is 24.5 Å². The van der Waals surface area contributed by atoms with E-state index < -0.39 is 9.84 Å². The minimum absolute atomic E-state index is 0.0198. The highest BCUT2D eigenvalue weighted by Crippen LogP contribution is 2.30. The highest BCUT2D eigenvalue weighted by atomic mass is 32.2. The summed E-state index contributed by atoms with van der Waals surface area (Å²) in [6, 6.07) is 4.53. The highest BCUT2D eigenvalue weighted by Gasteiger charge is 2.30. The second kappa shape index (κ2) is 6.20. The third-order valence-corrected chi connectivity index (χ3v) is 7.36. The van der Waals surface area contributed by atoms with Gasteiger partial charge < -0.3 is 4.90 Å². The van der Waals surface area contributed by atoms with E-state index in [2.05, 4.69) is 0 Å². The van der Waals surface area contributed by atoms with E-state index in [9.17, 15) is 17.6 Å². The summed E-state index contributed by atoms with van der Waals surface area (Å²) < 4.78 is 36.2. The van der Waals surface area contributed by atoms with Crippen molar-refractivity contribution in [2.75, 3.05) is 28.7 Å². The Morgan fingerprint density at radius 2 is 2.23 bits per heavy atom. The van der Waals surface area contributed by atoms with Gasteiger partial charge >= 0.3 is 0 Å². The Morgan fingerprint density at radius 1 is 1.41 bits per heavy atom. The lowest BCUT2D eigenvalue weighted by Crippen LogP contribution is -2.37. The summed E-state index contributed by atoms with van der Waals surface area (Å²) in [5, 5.41) is 0.0198. The first kappa shape index (κ1) is 15.8. The van der Waals surface area contributed by atoms with Crippen molar-refractivity contribution in [1.82, 2.24) is 0 Å². The molecule has 0 radical (unpaired) electrons. The second-order valence-corrected chi connectivity index (χ2v) is 9.28. The van der Waals surface area contributed by atoms with Crippen molar-refractivity contribution in [3.05, 3.63) is 29.6 Å². The Morgan fingerprint density at radius 3 is 2.95 bits per heavy atom. The van der Waals surface area contributed by atoms with Crippen LogP contribution in [0, 0.1) is 5.82 Å². The molecule has 4 nitrogen and oxygen atoms in total. The zero-order chi connectivity index (χ0) is 15.7. The van der Waals surface area contributed by atoms with Gasteiger partial charge in [-0.25, -0.2) is 12.8 Å². The lowest BCUT2D eigenvalue weighted by atomic mass is 10.0. The zero-order valence-electron chi connectivity index (χ0n) is 12.1. The molecule has 1 atom stereocenters. The molecule has 0 unspecified atom stereocenters. The van der Waals surface area contributed by atoms with Crippen molar-refractivity contribution in [3.8, 4) is 0 Å². The smallest absolute Gasteiger partial charge is 0.236 e. The number of hydrogen-bond donors (Lipinski definition) is 0. The largest absolute Gasteiger partial charge is 0.311 e. The summed E-state index contributed by atoms with van der Waals surface area (Å²) >= 11 is 1.42. The molecule has 0 saturated carbocycles. The van der Waals surface area contributed by atoms with Crippen LogP contribution >= 0.6 is 11.8 Å². The predicted molar refractivity (Wildman–Crippen MR) is 86.6 cm³/mol. The van der Waals surface area contributed by atoms with Crippen molar-refractivity contribution in [3.63, 3.8) is 0 Å². The number of amides is 1. The van der Waals surface area contributed by atoms with Crippen molar-refractivity contribution >= 4 is 33.2 Å². The maximum absolute atomic E-state index is 13.3. The van der Waals surface area contributed by atoms with Gasteiger partial charge in [-0.05, 0) is 43.0 Å². The van der Waals surface area contributed by atoms with Crippen LogP contribution in [0.25, 0.3) is 0 Å². The van der Waals surface area contributed by atoms with Crippen LogP contribution in [0.5, 0.6) is 0 Å². The van der Waals surface area contributed by atoms with E-state index in [0.29, 0.717) is 13.0 Å². The first-order chi connectivity index (χ1) is 10.4. The van der Waals surface area contributed by atoms with Gasteiger partial charge in [0.05, 0.1) is 17.3 Å². The molecule has 1 amide bonds. The molecule has 0 aromatic heterocycles. The molecule has 0 bridgehead atoms. The lowest BCUT2D eigenvalue weighted by molar-refractivity contribution is -0.116. The summed E-state index contributed by atoms with van der Waals surface area (Å²) in [7, 11) is -2.91. The fourth-order valence-corrected chi connectivity index (χ4v) is 6.50. The Balaban J connectivity index is 1.64. The number of thioether (sulfide) groups is 1. The van der Waals surface area contributed by atoms with Gasteiger partial charge in [-0.3, -0.25) is 4.79 Å². The van der Waals surface area contributed by atoms with Crippen LogP contribution in [0.1, 0.15) is 18.4 Å².